The van der Waals surface area contributed by atoms with E-state index in [0.29, 0.717) is 46.8 Å². The van der Waals surface area contributed by atoms with Crippen molar-refractivity contribution >= 4 is 22.8 Å². The molecule has 2 aromatic heterocycles. The van der Waals surface area contributed by atoms with E-state index in [2.05, 4.69) is 16.5 Å². The molecule has 0 unspecified atom stereocenters. The first-order valence-corrected chi connectivity index (χ1v) is 9.77. The average molecular weight is 413 g/mol. The third-order valence-electron chi connectivity index (χ3n) is 5.08. The molecule has 4 aromatic rings. The van der Waals surface area contributed by atoms with Crippen LogP contribution in [-0.4, -0.2) is 31.8 Å². The molecule has 1 atom stereocenters. The first-order valence-electron chi connectivity index (χ1n) is 9.77. The van der Waals surface area contributed by atoms with Crippen molar-refractivity contribution in [2.24, 2.45) is 0 Å². The van der Waals surface area contributed by atoms with Crippen molar-refractivity contribution in [1.29, 1.82) is 0 Å². The van der Waals surface area contributed by atoms with Gasteiger partial charge in [0.05, 0.1) is 11.9 Å². The van der Waals surface area contributed by atoms with Gasteiger partial charge in [-0.25, -0.2) is 19.4 Å². The van der Waals surface area contributed by atoms with E-state index in [4.69, 9.17) is 20.3 Å². The number of hydrogen-bond acceptors (Lipinski definition) is 7. The highest BCUT2D eigenvalue weighted by molar-refractivity contribution is 5.98. The van der Waals surface area contributed by atoms with Crippen LogP contribution in [0.2, 0.25) is 0 Å². The monoisotopic (exact) mass is 413 g/mol. The predicted octanol–water partition coefficient (Wildman–Crippen LogP) is 3.74. The number of rotatable bonds is 5. The minimum absolute atomic E-state index is 0.337. The van der Waals surface area contributed by atoms with Crippen LogP contribution in [0.5, 0.6) is 11.5 Å². The van der Waals surface area contributed by atoms with Gasteiger partial charge in [0, 0.05) is 17.6 Å². The van der Waals surface area contributed by atoms with Crippen LogP contribution in [0.3, 0.4) is 0 Å². The number of hydrogen-bond donors (Lipinski definition) is 1. The molecule has 5 rings (SSSR count). The zero-order chi connectivity index (χ0) is 21.4. The highest BCUT2D eigenvalue weighted by Gasteiger charge is 2.29. The lowest BCUT2D eigenvalue weighted by atomic mass is 10.1. The van der Waals surface area contributed by atoms with Gasteiger partial charge in [-0.1, -0.05) is 24.8 Å². The van der Waals surface area contributed by atoms with Crippen molar-refractivity contribution in [2.45, 2.75) is 19.1 Å². The summed E-state index contributed by atoms with van der Waals surface area (Å²) in [6.07, 6.45) is 1.52. The molecule has 154 valence electrons. The summed E-state index contributed by atoms with van der Waals surface area (Å²) in [4.78, 5) is 20.2. The Morgan fingerprint density at radius 1 is 1.10 bits per heavy atom. The molecule has 31 heavy (non-hydrogen) atoms. The molecule has 0 radical (unpaired) electrons. The number of benzene rings is 2. The lowest BCUT2D eigenvalue weighted by Crippen LogP contribution is -2.17. The van der Waals surface area contributed by atoms with Crippen LogP contribution < -0.4 is 10.5 Å². The Bertz CT molecular complexity index is 1270. The molecule has 0 spiro atoms. The third-order valence-corrected chi connectivity index (χ3v) is 5.08. The molecule has 1 saturated heterocycles. The maximum atomic E-state index is 11.7. The molecule has 8 heteroatoms. The van der Waals surface area contributed by atoms with Gasteiger partial charge in [-0.3, -0.25) is 0 Å². The van der Waals surface area contributed by atoms with Crippen molar-refractivity contribution in [3.63, 3.8) is 0 Å². The fourth-order valence-corrected chi connectivity index (χ4v) is 3.59. The van der Waals surface area contributed by atoms with Crippen molar-refractivity contribution in [3.05, 3.63) is 73.1 Å². The summed E-state index contributed by atoms with van der Waals surface area (Å²) in [6, 6.07) is 17.1. The summed E-state index contributed by atoms with van der Waals surface area (Å²) < 4.78 is 12.9. The number of esters is 1. The molecule has 2 aromatic carbocycles. The van der Waals surface area contributed by atoms with Crippen LogP contribution >= 0.6 is 0 Å². The van der Waals surface area contributed by atoms with Gasteiger partial charge in [-0.15, -0.1) is 0 Å². The fraction of sp³-hybridized carbons (Fsp3) is 0.130. The number of ether oxygens (including phenoxy) is 2. The SMILES string of the molecule is C=C1C[C@H](Cn2nc(-c3ccc(Oc4ccccc4)cc3)c3c(N)ncnc32)OC1=O. The van der Waals surface area contributed by atoms with Crippen LogP contribution in [-0.2, 0) is 16.1 Å². The summed E-state index contributed by atoms with van der Waals surface area (Å²) in [7, 11) is 0. The Morgan fingerprint density at radius 3 is 2.55 bits per heavy atom. The topological polar surface area (TPSA) is 105 Å². The smallest absolute Gasteiger partial charge is 0.333 e. The number of anilines is 1. The Labute approximate surface area is 177 Å². The van der Waals surface area contributed by atoms with E-state index < -0.39 is 0 Å². The second-order valence-corrected chi connectivity index (χ2v) is 7.26. The zero-order valence-electron chi connectivity index (χ0n) is 16.6. The molecular weight excluding hydrogens is 394 g/mol. The normalized spacial score (nSPS) is 15.9. The van der Waals surface area contributed by atoms with Gasteiger partial charge >= 0.3 is 5.97 Å². The first-order chi connectivity index (χ1) is 15.1. The standard InChI is InChI=1S/C23H19N5O3/c1-14-11-18(31-23(14)29)12-28-22-19(21(24)25-13-26-22)20(27-28)15-7-9-17(10-8-15)30-16-5-3-2-4-6-16/h2-10,13,18H,1,11-12H2,(H2,24,25,26)/t18-/m1/s1. The maximum absolute atomic E-state index is 11.7. The van der Waals surface area contributed by atoms with Gasteiger partial charge in [-0.05, 0) is 36.4 Å². The Morgan fingerprint density at radius 2 is 1.84 bits per heavy atom. The van der Waals surface area contributed by atoms with Crippen LogP contribution in [0.1, 0.15) is 6.42 Å². The summed E-state index contributed by atoms with van der Waals surface area (Å²) in [5.41, 5.74) is 8.71. The fourth-order valence-electron chi connectivity index (χ4n) is 3.59. The quantitative estimate of drug-likeness (QED) is 0.392. The number of nitrogens with zero attached hydrogens (tertiary/aromatic N) is 4. The number of nitrogen functional groups attached to an aromatic ring is 1. The Hall–Kier alpha value is -4.20. The molecule has 0 aliphatic carbocycles. The second kappa shape index (κ2) is 7.56. The predicted molar refractivity (Wildman–Crippen MR) is 115 cm³/mol. The summed E-state index contributed by atoms with van der Waals surface area (Å²) >= 11 is 0. The minimum Gasteiger partial charge on any atom is -0.457 e. The van der Waals surface area contributed by atoms with Crippen molar-refractivity contribution < 1.29 is 14.3 Å². The van der Waals surface area contributed by atoms with Gasteiger partial charge in [-0.2, -0.15) is 5.10 Å². The summed E-state index contributed by atoms with van der Waals surface area (Å²) in [6.45, 7) is 4.09. The molecule has 0 bridgehead atoms. The van der Waals surface area contributed by atoms with E-state index in [1.54, 1.807) is 4.68 Å². The Kier molecular flexibility index (Phi) is 4.59. The molecule has 3 heterocycles. The van der Waals surface area contributed by atoms with Crippen molar-refractivity contribution in [2.75, 3.05) is 5.73 Å². The van der Waals surface area contributed by atoms with Crippen LogP contribution in [0.25, 0.3) is 22.3 Å². The Balaban J connectivity index is 1.48. The molecule has 1 aliphatic heterocycles. The molecule has 1 fully saturated rings. The molecule has 2 N–H and O–H groups in total. The molecule has 8 nitrogen and oxygen atoms in total. The lowest BCUT2D eigenvalue weighted by Gasteiger charge is -2.09. The number of cyclic esters (lactones) is 1. The van der Waals surface area contributed by atoms with Crippen molar-refractivity contribution in [3.8, 4) is 22.8 Å². The van der Waals surface area contributed by atoms with E-state index in [1.807, 2.05) is 54.6 Å². The molecule has 0 saturated carbocycles. The van der Waals surface area contributed by atoms with Gasteiger partial charge in [0.15, 0.2) is 5.65 Å². The van der Waals surface area contributed by atoms with Gasteiger partial charge in [0.1, 0.15) is 35.4 Å². The minimum atomic E-state index is -0.371. The number of nitrogens with two attached hydrogens (primary N) is 1. The average Bonchev–Trinajstić information content (AvgIpc) is 3.30. The number of carbonyl (C=O) groups excluding carboxylic acids is 1. The van der Waals surface area contributed by atoms with E-state index in [-0.39, 0.29) is 12.1 Å². The van der Waals surface area contributed by atoms with Crippen LogP contribution in [0, 0.1) is 0 Å². The number of carbonyl (C=O) groups is 1. The maximum Gasteiger partial charge on any atom is 0.333 e. The second-order valence-electron chi connectivity index (χ2n) is 7.26. The van der Waals surface area contributed by atoms with E-state index in [9.17, 15) is 4.79 Å². The van der Waals surface area contributed by atoms with E-state index in [0.717, 1.165) is 11.3 Å². The third kappa shape index (κ3) is 3.59. The molecule has 1 aliphatic rings. The number of fused-ring (bicyclic) bond motifs is 1. The highest BCUT2D eigenvalue weighted by atomic mass is 16.5. The van der Waals surface area contributed by atoms with E-state index in [1.165, 1.54) is 6.33 Å². The largest absolute Gasteiger partial charge is 0.457 e. The zero-order valence-corrected chi connectivity index (χ0v) is 16.6. The van der Waals surface area contributed by atoms with Gasteiger partial charge in [0.25, 0.3) is 0 Å². The van der Waals surface area contributed by atoms with Crippen LogP contribution in [0.4, 0.5) is 5.82 Å². The van der Waals surface area contributed by atoms with Gasteiger partial charge < -0.3 is 15.2 Å². The molecular formula is C23H19N5O3. The molecule has 0 amide bonds. The highest BCUT2D eigenvalue weighted by Crippen LogP contribution is 2.32. The van der Waals surface area contributed by atoms with Gasteiger partial charge in [0.2, 0.25) is 0 Å². The van der Waals surface area contributed by atoms with E-state index >= 15 is 0 Å². The number of para-hydroxylation sites is 1. The summed E-state index contributed by atoms with van der Waals surface area (Å²) in [5, 5.41) is 5.37. The lowest BCUT2D eigenvalue weighted by molar-refractivity contribution is -0.139. The summed E-state index contributed by atoms with van der Waals surface area (Å²) in [5.74, 6) is 1.43. The number of aromatic nitrogens is 4. The van der Waals surface area contributed by atoms with Crippen LogP contribution in [0.15, 0.2) is 73.1 Å². The van der Waals surface area contributed by atoms with Crippen molar-refractivity contribution in [1.82, 2.24) is 19.7 Å². The first kappa shape index (κ1) is 18.8.